The third kappa shape index (κ3) is 5.91. The number of nitrogens with zero attached hydrogens (tertiary/aromatic N) is 2. The molecule has 0 unspecified atom stereocenters. The van der Waals surface area contributed by atoms with Crippen molar-refractivity contribution < 1.29 is 19.0 Å². The van der Waals surface area contributed by atoms with E-state index in [9.17, 15) is 4.79 Å². The van der Waals surface area contributed by atoms with Crippen LogP contribution in [0.1, 0.15) is 43.7 Å². The number of rotatable bonds is 7. The Kier molecular flexibility index (Phi) is 7.10. The van der Waals surface area contributed by atoms with Crippen LogP contribution in [-0.2, 0) is 11.3 Å². The predicted octanol–water partition coefficient (Wildman–Crippen LogP) is 3.80. The highest BCUT2D eigenvalue weighted by atomic mass is 32.1. The van der Waals surface area contributed by atoms with Crippen molar-refractivity contribution in [2.75, 3.05) is 25.5 Å². The van der Waals surface area contributed by atoms with Gasteiger partial charge in [-0.25, -0.2) is 4.98 Å². The van der Waals surface area contributed by atoms with Gasteiger partial charge in [0.05, 0.1) is 31.1 Å². The number of aromatic nitrogens is 1. The second kappa shape index (κ2) is 9.56. The van der Waals surface area contributed by atoms with Crippen molar-refractivity contribution in [3.63, 3.8) is 0 Å². The summed E-state index contributed by atoms with van der Waals surface area (Å²) in [6, 6.07) is 5.15. The van der Waals surface area contributed by atoms with E-state index in [4.69, 9.17) is 14.2 Å². The zero-order chi connectivity index (χ0) is 21.0. The molecule has 0 aliphatic carbocycles. The van der Waals surface area contributed by atoms with E-state index in [-0.39, 0.29) is 24.2 Å². The average Bonchev–Trinajstić information content (AvgIpc) is 3.07. The van der Waals surface area contributed by atoms with Crippen LogP contribution in [0.2, 0.25) is 0 Å². The van der Waals surface area contributed by atoms with E-state index in [0.29, 0.717) is 22.2 Å². The molecule has 1 fully saturated rings. The van der Waals surface area contributed by atoms with Crippen LogP contribution in [0, 0.1) is 0 Å². The van der Waals surface area contributed by atoms with Gasteiger partial charge in [-0.15, -0.1) is 11.3 Å². The Bertz CT molecular complexity index is 829. The number of carbonyl (C=O) groups excluding carboxylic acids is 1. The van der Waals surface area contributed by atoms with Crippen molar-refractivity contribution in [2.24, 2.45) is 0 Å². The van der Waals surface area contributed by atoms with E-state index in [2.05, 4.69) is 29.0 Å². The molecule has 2 heterocycles. The van der Waals surface area contributed by atoms with Crippen LogP contribution in [0.15, 0.2) is 23.6 Å². The first-order valence-electron chi connectivity index (χ1n) is 9.82. The summed E-state index contributed by atoms with van der Waals surface area (Å²) in [6.07, 6.45) is 0.457. The lowest BCUT2D eigenvalue weighted by atomic mass is 10.2. The van der Waals surface area contributed by atoms with Gasteiger partial charge in [-0.1, -0.05) is 0 Å². The lowest BCUT2D eigenvalue weighted by Crippen LogP contribution is -2.44. The second-order valence-corrected chi connectivity index (χ2v) is 8.44. The fourth-order valence-electron chi connectivity index (χ4n) is 3.41. The zero-order valence-corrected chi connectivity index (χ0v) is 18.4. The maximum Gasteiger partial charge on any atom is 0.257 e. The zero-order valence-electron chi connectivity index (χ0n) is 17.6. The fraction of sp³-hybridized carbons (Fsp3) is 0.524. The quantitative estimate of drug-likeness (QED) is 0.736. The van der Waals surface area contributed by atoms with Gasteiger partial charge >= 0.3 is 0 Å². The molecule has 0 radical (unpaired) electrons. The monoisotopic (exact) mass is 419 g/mol. The van der Waals surface area contributed by atoms with Crippen molar-refractivity contribution in [1.29, 1.82) is 0 Å². The van der Waals surface area contributed by atoms with Gasteiger partial charge in [0, 0.05) is 30.6 Å². The second-order valence-electron chi connectivity index (χ2n) is 7.58. The van der Waals surface area contributed by atoms with Gasteiger partial charge in [0.2, 0.25) is 0 Å². The summed E-state index contributed by atoms with van der Waals surface area (Å²) in [7, 11) is 1.56. The highest BCUT2D eigenvalue weighted by Crippen LogP contribution is 2.29. The molecule has 29 heavy (non-hydrogen) atoms. The third-order valence-electron chi connectivity index (χ3n) is 4.44. The molecule has 0 spiro atoms. The van der Waals surface area contributed by atoms with Crippen LogP contribution >= 0.6 is 11.3 Å². The molecule has 2 atom stereocenters. The van der Waals surface area contributed by atoms with Gasteiger partial charge in [-0.3, -0.25) is 15.0 Å². The molecule has 8 heteroatoms. The lowest BCUT2D eigenvalue weighted by molar-refractivity contribution is -0.0707. The number of hydrogen-bond acceptors (Lipinski definition) is 7. The number of anilines is 1. The number of methoxy groups -OCH3 is 1. The molecule has 1 aromatic heterocycles. The number of amides is 1. The summed E-state index contributed by atoms with van der Waals surface area (Å²) in [5, 5.41) is 5.44. The number of thiazole rings is 1. The normalized spacial score (nSPS) is 19.9. The Morgan fingerprint density at radius 3 is 2.69 bits per heavy atom. The minimum absolute atomic E-state index is 0.0229. The summed E-state index contributed by atoms with van der Waals surface area (Å²) >= 11 is 1.43. The topological polar surface area (TPSA) is 72.9 Å². The van der Waals surface area contributed by atoms with Crippen molar-refractivity contribution in [3.8, 4) is 11.5 Å². The minimum atomic E-state index is -0.228. The first-order valence-corrected chi connectivity index (χ1v) is 10.7. The molecule has 1 amide bonds. The van der Waals surface area contributed by atoms with E-state index in [1.54, 1.807) is 25.3 Å². The molecular weight excluding hydrogens is 390 g/mol. The summed E-state index contributed by atoms with van der Waals surface area (Å²) in [5.74, 6) is 0.917. The van der Waals surface area contributed by atoms with Gasteiger partial charge in [-0.05, 0) is 45.9 Å². The van der Waals surface area contributed by atoms with Gasteiger partial charge < -0.3 is 14.2 Å². The summed E-state index contributed by atoms with van der Waals surface area (Å²) in [4.78, 5) is 19.5. The maximum absolute atomic E-state index is 12.6. The van der Waals surface area contributed by atoms with Crippen molar-refractivity contribution >= 4 is 22.4 Å². The van der Waals surface area contributed by atoms with Crippen molar-refractivity contribution in [1.82, 2.24) is 9.88 Å². The molecular formula is C21H29N3O4S. The molecule has 1 aliphatic rings. The molecule has 1 aromatic carbocycles. The molecule has 3 rings (SSSR count). The third-order valence-corrected chi connectivity index (χ3v) is 5.25. The summed E-state index contributed by atoms with van der Waals surface area (Å²) in [5.41, 5.74) is 1.44. The standard InChI is InChI=1S/C21H29N3O4S/c1-13(2)27-18-7-6-16(8-19(18)26-5)20(25)23-21-22-17(12-29-21)11-24-9-14(3)28-15(4)10-24/h6-8,12-15H,9-11H2,1-5H3,(H,22,23,25)/t14-,15+. The molecule has 2 aromatic rings. The molecule has 0 saturated carbocycles. The maximum atomic E-state index is 12.6. The van der Waals surface area contributed by atoms with Gasteiger partial charge in [0.1, 0.15) is 0 Å². The average molecular weight is 420 g/mol. The van der Waals surface area contributed by atoms with Gasteiger partial charge in [-0.2, -0.15) is 0 Å². The number of ether oxygens (including phenoxy) is 3. The SMILES string of the molecule is COc1cc(C(=O)Nc2nc(CN3C[C@@H](C)O[C@@H](C)C3)cs2)ccc1OC(C)C. The van der Waals surface area contributed by atoms with Gasteiger partial charge in [0.15, 0.2) is 16.6 Å². The van der Waals surface area contributed by atoms with Crippen LogP contribution in [0.5, 0.6) is 11.5 Å². The smallest absolute Gasteiger partial charge is 0.257 e. The molecule has 1 aliphatic heterocycles. The highest BCUT2D eigenvalue weighted by Gasteiger charge is 2.23. The Labute approximate surface area is 176 Å². The molecule has 0 bridgehead atoms. The van der Waals surface area contributed by atoms with Crippen LogP contribution in [0.25, 0.3) is 0 Å². The Morgan fingerprint density at radius 1 is 1.31 bits per heavy atom. The Balaban J connectivity index is 1.62. The van der Waals surface area contributed by atoms with Crippen LogP contribution < -0.4 is 14.8 Å². The summed E-state index contributed by atoms with van der Waals surface area (Å²) in [6.45, 7) is 10.6. The molecule has 7 nitrogen and oxygen atoms in total. The number of carbonyl (C=O) groups is 1. The minimum Gasteiger partial charge on any atom is -0.493 e. The molecule has 158 valence electrons. The predicted molar refractivity (Wildman–Crippen MR) is 114 cm³/mol. The van der Waals surface area contributed by atoms with Gasteiger partial charge in [0.25, 0.3) is 5.91 Å². The highest BCUT2D eigenvalue weighted by molar-refractivity contribution is 7.13. The first kappa shape index (κ1) is 21.5. The number of morpholine rings is 1. The van der Waals surface area contributed by atoms with Crippen molar-refractivity contribution in [2.45, 2.75) is 52.6 Å². The number of benzene rings is 1. The van der Waals surface area contributed by atoms with Crippen LogP contribution in [0.3, 0.4) is 0 Å². The summed E-state index contributed by atoms with van der Waals surface area (Å²) < 4.78 is 16.8. The van der Waals surface area contributed by atoms with E-state index in [1.165, 1.54) is 11.3 Å². The van der Waals surface area contributed by atoms with Crippen LogP contribution in [-0.4, -0.2) is 54.3 Å². The van der Waals surface area contributed by atoms with Crippen LogP contribution in [0.4, 0.5) is 5.13 Å². The van der Waals surface area contributed by atoms with E-state index < -0.39 is 0 Å². The Morgan fingerprint density at radius 2 is 2.03 bits per heavy atom. The van der Waals surface area contributed by atoms with Crippen molar-refractivity contribution in [3.05, 3.63) is 34.8 Å². The largest absolute Gasteiger partial charge is 0.493 e. The molecule has 1 saturated heterocycles. The Hall–Kier alpha value is -2.16. The fourth-order valence-corrected chi connectivity index (χ4v) is 4.11. The first-order chi connectivity index (χ1) is 13.8. The lowest BCUT2D eigenvalue weighted by Gasteiger charge is -2.34. The van der Waals surface area contributed by atoms with E-state index in [0.717, 1.165) is 25.3 Å². The number of nitrogens with one attached hydrogen (secondary N) is 1. The van der Waals surface area contributed by atoms with E-state index >= 15 is 0 Å². The number of hydrogen-bond donors (Lipinski definition) is 1. The van der Waals surface area contributed by atoms with E-state index in [1.807, 2.05) is 19.2 Å². The molecule has 1 N–H and O–H groups in total.